The van der Waals surface area contributed by atoms with E-state index in [4.69, 9.17) is 0 Å². The Morgan fingerprint density at radius 1 is 1.27 bits per heavy atom. The highest BCUT2D eigenvalue weighted by Gasteiger charge is 2.24. The zero-order valence-corrected chi connectivity index (χ0v) is 13.2. The molecule has 1 saturated heterocycles. The maximum Gasteiger partial charge on any atom is 0.320 e. The number of hydrogen-bond donors (Lipinski definition) is 2. The minimum Gasteiger partial charge on any atom is -0.336 e. The zero-order chi connectivity index (χ0) is 15.2. The highest BCUT2D eigenvalue weighted by Crippen LogP contribution is 2.27. The molecule has 0 bridgehead atoms. The van der Waals surface area contributed by atoms with E-state index in [1.165, 1.54) is 17.7 Å². The molecule has 3 rings (SSSR count). The van der Waals surface area contributed by atoms with Crippen molar-refractivity contribution in [2.24, 2.45) is 0 Å². The first-order valence-electron chi connectivity index (χ1n) is 7.56. The summed E-state index contributed by atoms with van der Waals surface area (Å²) >= 11 is 1.75. The van der Waals surface area contributed by atoms with E-state index >= 15 is 0 Å². The van der Waals surface area contributed by atoms with Gasteiger partial charge >= 0.3 is 6.03 Å². The number of likely N-dealkylation sites (tertiary alicyclic amines) is 1. The van der Waals surface area contributed by atoms with Gasteiger partial charge in [-0.25, -0.2) is 9.78 Å². The molecule has 1 aliphatic heterocycles. The van der Waals surface area contributed by atoms with Crippen molar-refractivity contribution in [1.29, 1.82) is 0 Å². The third-order valence-electron chi connectivity index (χ3n) is 3.82. The van der Waals surface area contributed by atoms with Crippen molar-refractivity contribution in [1.82, 2.24) is 15.2 Å². The third-order valence-corrected chi connectivity index (χ3v) is 4.79. The number of nitrogens with zero attached hydrogens (tertiary/aromatic N) is 2. The fourth-order valence-corrected chi connectivity index (χ4v) is 3.59. The predicted octanol–water partition coefficient (Wildman–Crippen LogP) is 3.10. The summed E-state index contributed by atoms with van der Waals surface area (Å²) in [6.45, 7) is 2.82. The van der Waals surface area contributed by atoms with Crippen LogP contribution in [0.2, 0.25) is 0 Å². The van der Waals surface area contributed by atoms with Gasteiger partial charge in [-0.05, 0) is 49.5 Å². The van der Waals surface area contributed by atoms with E-state index in [0.717, 1.165) is 13.1 Å². The van der Waals surface area contributed by atoms with E-state index in [1.807, 2.05) is 12.1 Å². The van der Waals surface area contributed by atoms with E-state index in [9.17, 15) is 4.79 Å². The van der Waals surface area contributed by atoms with Crippen LogP contribution in [0.4, 0.5) is 10.6 Å². The minimum absolute atomic E-state index is 0.209. The maximum absolute atomic E-state index is 12.0. The van der Waals surface area contributed by atoms with Crippen LogP contribution in [0, 0.1) is 0 Å². The zero-order valence-electron chi connectivity index (χ0n) is 12.4. The number of carbonyl (C=O) groups is 1. The Kier molecular flexibility index (Phi) is 5.03. The topological polar surface area (TPSA) is 57.3 Å². The molecular weight excluding hydrogens is 296 g/mol. The van der Waals surface area contributed by atoms with Crippen LogP contribution < -0.4 is 10.6 Å². The SMILES string of the molecule is O=C(NC[C@@H](c1cccs1)N1CCCC1)Nc1ccccn1. The summed E-state index contributed by atoms with van der Waals surface area (Å²) in [6, 6.07) is 9.71. The highest BCUT2D eigenvalue weighted by molar-refractivity contribution is 7.10. The van der Waals surface area contributed by atoms with Gasteiger partial charge in [0.15, 0.2) is 0 Å². The summed E-state index contributed by atoms with van der Waals surface area (Å²) in [7, 11) is 0. The molecule has 2 aromatic heterocycles. The number of aromatic nitrogens is 1. The maximum atomic E-state index is 12.0. The lowest BCUT2D eigenvalue weighted by Crippen LogP contribution is -2.38. The molecule has 1 aliphatic rings. The number of amides is 2. The Labute approximate surface area is 134 Å². The molecule has 0 spiro atoms. The Hall–Kier alpha value is -1.92. The van der Waals surface area contributed by atoms with Crippen LogP contribution in [0.15, 0.2) is 41.9 Å². The molecule has 2 amide bonds. The average Bonchev–Trinajstić information content (AvgIpc) is 3.22. The smallest absolute Gasteiger partial charge is 0.320 e. The quantitative estimate of drug-likeness (QED) is 0.891. The number of pyridine rings is 1. The number of carbonyl (C=O) groups excluding carboxylic acids is 1. The lowest BCUT2D eigenvalue weighted by molar-refractivity contribution is 0.229. The largest absolute Gasteiger partial charge is 0.336 e. The van der Waals surface area contributed by atoms with Crippen molar-refractivity contribution >= 4 is 23.2 Å². The van der Waals surface area contributed by atoms with Gasteiger partial charge in [0, 0.05) is 17.6 Å². The monoisotopic (exact) mass is 316 g/mol. The van der Waals surface area contributed by atoms with Crippen molar-refractivity contribution in [3.8, 4) is 0 Å². The first kappa shape index (κ1) is 15.0. The molecule has 0 radical (unpaired) electrons. The fourth-order valence-electron chi connectivity index (χ4n) is 2.73. The summed E-state index contributed by atoms with van der Waals surface area (Å²) in [6.07, 6.45) is 4.14. The summed E-state index contributed by atoms with van der Waals surface area (Å²) in [4.78, 5) is 19.9. The van der Waals surface area contributed by atoms with Crippen LogP contribution in [-0.4, -0.2) is 35.5 Å². The number of hydrogen-bond acceptors (Lipinski definition) is 4. The average molecular weight is 316 g/mol. The summed E-state index contributed by atoms with van der Waals surface area (Å²) in [5.41, 5.74) is 0. The van der Waals surface area contributed by atoms with Crippen LogP contribution >= 0.6 is 11.3 Å². The second-order valence-electron chi connectivity index (χ2n) is 5.32. The van der Waals surface area contributed by atoms with Crippen LogP contribution in [0.1, 0.15) is 23.8 Å². The summed E-state index contributed by atoms with van der Waals surface area (Å²) < 4.78 is 0. The molecule has 0 unspecified atom stereocenters. The second kappa shape index (κ2) is 7.38. The van der Waals surface area contributed by atoms with Crippen LogP contribution in [0.25, 0.3) is 0 Å². The summed E-state index contributed by atoms with van der Waals surface area (Å²) in [5, 5.41) is 7.82. The lowest BCUT2D eigenvalue weighted by atomic mass is 10.2. The van der Waals surface area contributed by atoms with Gasteiger partial charge in [0.1, 0.15) is 5.82 Å². The van der Waals surface area contributed by atoms with Gasteiger partial charge in [-0.3, -0.25) is 10.2 Å². The van der Waals surface area contributed by atoms with Gasteiger partial charge in [-0.15, -0.1) is 11.3 Å². The van der Waals surface area contributed by atoms with Crippen LogP contribution in [0.5, 0.6) is 0 Å². The van der Waals surface area contributed by atoms with Gasteiger partial charge < -0.3 is 5.32 Å². The standard InChI is InChI=1S/C16H20N4OS/c21-16(19-15-7-1-2-8-17-15)18-12-13(14-6-5-11-22-14)20-9-3-4-10-20/h1-2,5-8,11,13H,3-4,9-10,12H2,(H2,17,18,19,21)/t13-/m0/s1. The number of urea groups is 1. The second-order valence-corrected chi connectivity index (χ2v) is 6.30. The van der Waals surface area contributed by atoms with Gasteiger partial charge in [0.2, 0.25) is 0 Å². The Morgan fingerprint density at radius 2 is 2.14 bits per heavy atom. The highest BCUT2D eigenvalue weighted by atomic mass is 32.1. The van der Waals surface area contributed by atoms with Gasteiger partial charge in [0.25, 0.3) is 0 Å². The molecular formula is C16H20N4OS. The molecule has 2 N–H and O–H groups in total. The van der Waals surface area contributed by atoms with E-state index in [-0.39, 0.29) is 12.1 Å². The van der Waals surface area contributed by atoms with Crippen molar-refractivity contribution < 1.29 is 4.79 Å². The Morgan fingerprint density at radius 3 is 2.82 bits per heavy atom. The number of nitrogens with one attached hydrogen (secondary N) is 2. The molecule has 22 heavy (non-hydrogen) atoms. The van der Waals surface area contributed by atoms with Crippen LogP contribution in [-0.2, 0) is 0 Å². The predicted molar refractivity (Wildman–Crippen MR) is 89.1 cm³/mol. The van der Waals surface area contributed by atoms with Crippen molar-refractivity contribution in [3.05, 3.63) is 46.8 Å². The van der Waals surface area contributed by atoms with E-state index < -0.39 is 0 Å². The third kappa shape index (κ3) is 3.84. The normalized spacial score (nSPS) is 16.4. The molecule has 1 fully saturated rings. The van der Waals surface area contributed by atoms with E-state index in [2.05, 4.69) is 38.0 Å². The molecule has 0 aliphatic carbocycles. The van der Waals surface area contributed by atoms with Gasteiger partial charge in [-0.1, -0.05) is 12.1 Å². The number of rotatable bonds is 5. The van der Waals surface area contributed by atoms with E-state index in [0.29, 0.717) is 12.4 Å². The molecule has 5 nitrogen and oxygen atoms in total. The molecule has 6 heteroatoms. The van der Waals surface area contributed by atoms with Gasteiger partial charge in [0.05, 0.1) is 6.04 Å². The van der Waals surface area contributed by atoms with E-state index in [1.54, 1.807) is 23.6 Å². The lowest BCUT2D eigenvalue weighted by Gasteiger charge is -2.26. The Bertz CT molecular complexity index is 581. The molecule has 0 aromatic carbocycles. The van der Waals surface area contributed by atoms with Crippen molar-refractivity contribution in [3.63, 3.8) is 0 Å². The fraction of sp³-hybridized carbons (Fsp3) is 0.375. The number of anilines is 1. The Balaban J connectivity index is 1.58. The van der Waals surface area contributed by atoms with Gasteiger partial charge in [-0.2, -0.15) is 0 Å². The molecule has 1 atom stereocenters. The first-order valence-corrected chi connectivity index (χ1v) is 8.44. The molecule has 0 saturated carbocycles. The molecule has 116 valence electrons. The first-order chi connectivity index (χ1) is 10.8. The minimum atomic E-state index is -0.209. The number of thiophene rings is 1. The summed E-state index contributed by atoms with van der Waals surface area (Å²) in [5.74, 6) is 0.564. The molecule has 3 heterocycles. The van der Waals surface area contributed by atoms with Crippen molar-refractivity contribution in [2.45, 2.75) is 18.9 Å². The van der Waals surface area contributed by atoms with Crippen molar-refractivity contribution in [2.75, 3.05) is 25.0 Å². The molecule has 2 aromatic rings. The van der Waals surface area contributed by atoms with Crippen LogP contribution in [0.3, 0.4) is 0 Å².